The maximum atomic E-state index is 13.1. The second-order valence-electron chi connectivity index (χ2n) is 7.10. The highest BCUT2D eigenvalue weighted by Crippen LogP contribution is 2.21. The third kappa shape index (κ3) is 4.35. The number of hydrogen-bond acceptors (Lipinski definition) is 4. The first-order valence-corrected chi connectivity index (χ1v) is 9.75. The van der Waals surface area contributed by atoms with E-state index in [1.165, 1.54) is 4.90 Å². The molecule has 0 bridgehead atoms. The first-order valence-electron chi connectivity index (χ1n) is 9.75. The molecule has 0 saturated heterocycles. The van der Waals surface area contributed by atoms with Gasteiger partial charge in [0.15, 0.2) is 5.82 Å². The summed E-state index contributed by atoms with van der Waals surface area (Å²) in [4.78, 5) is 30.6. The highest BCUT2D eigenvalue weighted by Gasteiger charge is 2.21. The number of carbonyl (C=O) groups excluding carboxylic acids is 2. The lowest BCUT2D eigenvalue weighted by Gasteiger charge is -2.15. The van der Waals surface area contributed by atoms with Gasteiger partial charge in [-0.3, -0.25) is 9.59 Å². The molecule has 4 rings (SSSR count). The summed E-state index contributed by atoms with van der Waals surface area (Å²) >= 11 is 0. The molecule has 0 radical (unpaired) electrons. The smallest absolute Gasteiger partial charge is 0.293 e. The highest BCUT2D eigenvalue weighted by atomic mass is 16.2. The number of nitrogens with two attached hydrogens (primary N) is 1. The minimum atomic E-state index is -0.508. The fourth-order valence-corrected chi connectivity index (χ4v) is 3.27. The first-order chi connectivity index (χ1) is 15.0. The van der Waals surface area contributed by atoms with Crippen LogP contribution in [-0.2, 0) is 6.54 Å². The van der Waals surface area contributed by atoms with Crippen molar-refractivity contribution in [1.29, 1.82) is 0 Å². The largest absolute Gasteiger partial charge is 0.366 e. The maximum absolute atomic E-state index is 13.1. The Morgan fingerprint density at radius 1 is 0.935 bits per heavy atom. The van der Waals surface area contributed by atoms with Gasteiger partial charge in [0.2, 0.25) is 11.7 Å². The molecule has 0 atom stereocenters. The zero-order valence-corrected chi connectivity index (χ0v) is 17.0. The summed E-state index contributed by atoms with van der Waals surface area (Å²) in [6.45, 7) is 0.292. The Morgan fingerprint density at radius 3 is 2.29 bits per heavy atom. The SMILES string of the molecule is CN(Cc1cccc(C(N)=O)c1)C(=O)c1nc(-c2ccccc2)n(-c2ccccc2)n1. The molecule has 1 aromatic heterocycles. The normalized spacial score (nSPS) is 10.6. The second kappa shape index (κ2) is 8.62. The lowest BCUT2D eigenvalue weighted by atomic mass is 10.1. The van der Waals surface area contributed by atoms with E-state index >= 15 is 0 Å². The number of rotatable bonds is 6. The van der Waals surface area contributed by atoms with Crippen LogP contribution in [0.25, 0.3) is 17.1 Å². The standard InChI is InChI=1S/C24H21N5O2/c1-28(16-17-9-8-12-19(15-17)21(25)30)24(31)22-26-23(18-10-4-2-5-11-18)29(27-22)20-13-6-3-7-14-20/h2-15H,16H2,1H3,(H2,25,30). The monoisotopic (exact) mass is 411 g/mol. The van der Waals surface area contributed by atoms with E-state index in [0.717, 1.165) is 16.8 Å². The molecule has 3 aromatic carbocycles. The number of carbonyl (C=O) groups is 2. The van der Waals surface area contributed by atoms with Gasteiger partial charge in [0.25, 0.3) is 5.91 Å². The molecule has 2 amide bonds. The van der Waals surface area contributed by atoms with Gasteiger partial charge >= 0.3 is 0 Å². The Hall–Kier alpha value is -4.26. The second-order valence-corrected chi connectivity index (χ2v) is 7.10. The van der Waals surface area contributed by atoms with Crippen LogP contribution in [0.3, 0.4) is 0 Å². The molecule has 0 aliphatic carbocycles. The fourth-order valence-electron chi connectivity index (χ4n) is 3.27. The topological polar surface area (TPSA) is 94.1 Å². The minimum Gasteiger partial charge on any atom is -0.366 e. The molecule has 4 aromatic rings. The van der Waals surface area contributed by atoms with Crippen molar-refractivity contribution >= 4 is 11.8 Å². The summed E-state index contributed by atoms with van der Waals surface area (Å²) in [6, 6.07) is 26.1. The molecule has 31 heavy (non-hydrogen) atoms. The quantitative estimate of drug-likeness (QED) is 0.527. The van der Waals surface area contributed by atoms with Crippen molar-refractivity contribution in [2.75, 3.05) is 7.05 Å². The molecular formula is C24H21N5O2. The van der Waals surface area contributed by atoms with Crippen LogP contribution in [0.5, 0.6) is 0 Å². The van der Waals surface area contributed by atoms with Crippen molar-refractivity contribution in [3.05, 3.63) is 102 Å². The number of amides is 2. The Morgan fingerprint density at radius 2 is 1.61 bits per heavy atom. The van der Waals surface area contributed by atoms with E-state index in [1.54, 1.807) is 29.9 Å². The molecule has 154 valence electrons. The molecule has 0 unspecified atom stereocenters. The molecule has 0 aliphatic heterocycles. The van der Waals surface area contributed by atoms with Crippen molar-refractivity contribution in [3.63, 3.8) is 0 Å². The number of primary amides is 1. The van der Waals surface area contributed by atoms with Crippen LogP contribution in [0, 0.1) is 0 Å². The van der Waals surface area contributed by atoms with E-state index in [1.807, 2.05) is 66.7 Å². The lowest BCUT2D eigenvalue weighted by molar-refractivity contribution is 0.0773. The van der Waals surface area contributed by atoms with E-state index in [9.17, 15) is 9.59 Å². The third-order valence-electron chi connectivity index (χ3n) is 4.81. The van der Waals surface area contributed by atoms with Gasteiger partial charge in [-0.15, -0.1) is 5.10 Å². The molecule has 2 N–H and O–H groups in total. The first kappa shape index (κ1) is 20.0. The van der Waals surface area contributed by atoms with Gasteiger partial charge in [-0.1, -0.05) is 60.7 Å². The third-order valence-corrected chi connectivity index (χ3v) is 4.81. The van der Waals surface area contributed by atoms with Crippen molar-refractivity contribution in [2.45, 2.75) is 6.54 Å². The van der Waals surface area contributed by atoms with E-state index in [0.29, 0.717) is 17.9 Å². The predicted octanol–water partition coefficient (Wildman–Crippen LogP) is 3.31. The van der Waals surface area contributed by atoms with Gasteiger partial charge in [0.05, 0.1) is 5.69 Å². The Labute approximate surface area is 179 Å². The zero-order valence-electron chi connectivity index (χ0n) is 17.0. The van der Waals surface area contributed by atoms with Gasteiger partial charge in [-0.2, -0.15) is 0 Å². The molecule has 7 nitrogen and oxygen atoms in total. The van der Waals surface area contributed by atoms with Crippen LogP contribution in [0.4, 0.5) is 0 Å². The summed E-state index contributed by atoms with van der Waals surface area (Å²) < 4.78 is 1.67. The van der Waals surface area contributed by atoms with Crippen molar-refractivity contribution in [1.82, 2.24) is 19.7 Å². The summed E-state index contributed by atoms with van der Waals surface area (Å²) in [5.74, 6) is -0.154. The van der Waals surface area contributed by atoms with Gasteiger partial charge in [-0.25, -0.2) is 9.67 Å². The Balaban J connectivity index is 1.66. The summed E-state index contributed by atoms with van der Waals surface area (Å²) in [7, 11) is 1.67. The van der Waals surface area contributed by atoms with Crippen LogP contribution in [0.1, 0.15) is 26.5 Å². The van der Waals surface area contributed by atoms with Gasteiger partial charge in [0, 0.05) is 24.7 Å². The van der Waals surface area contributed by atoms with Crippen LogP contribution >= 0.6 is 0 Å². The summed E-state index contributed by atoms with van der Waals surface area (Å²) in [5, 5.41) is 4.51. The number of para-hydroxylation sites is 1. The number of aromatic nitrogens is 3. The van der Waals surface area contributed by atoms with E-state index < -0.39 is 5.91 Å². The molecule has 0 saturated carbocycles. The fraction of sp³-hybridized carbons (Fsp3) is 0.0833. The summed E-state index contributed by atoms with van der Waals surface area (Å²) in [6.07, 6.45) is 0. The lowest BCUT2D eigenvalue weighted by Crippen LogP contribution is -2.27. The highest BCUT2D eigenvalue weighted by molar-refractivity contribution is 5.93. The molecule has 1 heterocycles. The van der Waals surface area contributed by atoms with Crippen molar-refractivity contribution in [3.8, 4) is 17.1 Å². The van der Waals surface area contributed by atoms with Crippen LogP contribution in [-0.4, -0.2) is 38.5 Å². The Kier molecular flexibility index (Phi) is 5.57. The molecular weight excluding hydrogens is 390 g/mol. The predicted molar refractivity (Wildman–Crippen MR) is 118 cm³/mol. The van der Waals surface area contributed by atoms with Gasteiger partial charge in [-0.05, 0) is 29.8 Å². The van der Waals surface area contributed by atoms with Crippen LogP contribution in [0.15, 0.2) is 84.9 Å². The number of nitrogens with zero attached hydrogens (tertiary/aromatic N) is 4. The van der Waals surface area contributed by atoms with Crippen molar-refractivity contribution < 1.29 is 9.59 Å². The minimum absolute atomic E-state index is 0.0938. The molecule has 0 fully saturated rings. The van der Waals surface area contributed by atoms with E-state index in [4.69, 9.17) is 5.73 Å². The van der Waals surface area contributed by atoms with Gasteiger partial charge in [0.1, 0.15) is 0 Å². The molecule has 0 spiro atoms. The average Bonchev–Trinajstić information content (AvgIpc) is 3.25. The molecule has 0 aliphatic rings. The zero-order chi connectivity index (χ0) is 21.8. The van der Waals surface area contributed by atoms with E-state index in [2.05, 4.69) is 10.1 Å². The van der Waals surface area contributed by atoms with Crippen molar-refractivity contribution in [2.24, 2.45) is 5.73 Å². The number of hydrogen-bond donors (Lipinski definition) is 1. The van der Waals surface area contributed by atoms with Gasteiger partial charge < -0.3 is 10.6 Å². The summed E-state index contributed by atoms with van der Waals surface area (Å²) in [5.41, 5.74) is 8.21. The Bertz CT molecular complexity index is 1160. The molecule has 7 heteroatoms. The average molecular weight is 411 g/mol. The van der Waals surface area contributed by atoms with Crippen LogP contribution < -0.4 is 5.73 Å². The maximum Gasteiger partial charge on any atom is 0.293 e. The number of benzene rings is 3. The van der Waals surface area contributed by atoms with E-state index in [-0.39, 0.29) is 11.7 Å². The van der Waals surface area contributed by atoms with Crippen LogP contribution in [0.2, 0.25) is 0 Å².